The predicted molar refractivity (Wildman–Crippen MR) is 160 cm³/mol. The molecule has 224 valence electrons. The Bertz CT molecular complexity index is 1480. The van der Waals surface area contributed by atoms with Gasteiger partial charge in [0.2, 0.25) is 21.8 Å². The molecule has 0 spiro atoms. The molecule has 0 saturated carbocycles. The number of sulfonamides is 1. The number of ether oxygens (including phenoxy) is 3. The van der Waals surface area contributed by atoms with Gasteiger partial charge in [-0.25, -0.2) is 8.42 Å². The van der Waals surface area contributed by atoms with E-state index in [0.717, 1.165) is 17.4 Å². The Hall–Kier alpha value is -4.25. The average molecular weight is 596 g/mol. The summed E-state index contributed by atoms with van der Waals surface area (Å²) in [5, 5.41) is 2.70. The number of rotatable bonds is 13. The van der Waals surface area contributed by atoms with Crippen LogP contribution in [0.2, 0.25) is 0 Å². The van der Waals surface area contributed by atoms with Crippen molar-refractivity contribution in [3.05, 3.63) is 83.9 Å². The Kier molecular flexibility index (Phi) is 10.3. The summed E-state index contributed by atoms with van der Waals surface area (Å²) in [4.78, 5) is 28.5. The lowest BCUT2D eigenvalue weighted by Crippen LogP contribution is -2.49. The van der Waals surface area contributed by atoms with E-state index in [1.165, 1.54) is 4.31 Å². The molecule has 1 atom stereocenters. The first-order valence-corrected chi connectivity index (χ1v) is 15.6. The molecule has 2 amide bonds. The Balaban J connectivity index is 1.56. The molecule has 0 saturated heterocycles. The molecule has 0 aliphatic carbocycles. The largest absolute Gasteiger partial charge is 0.497 e. The van der Waals surface area contributed by atoms with Crippen molar-refractivity contribution >= 4 is 27.5 Å². The molecule has 4 rings (SSSR count). The van der Waals surface area contributed by atoms with Gasteiger partial charge in [0.05, 0.1) is 19.1 Å². The Morgan fingerprint density at radius 1 is 0.952 bits per heavy atom. The summed E-state index contributed by atoms with van der Waals surface area (Å²) in [6.07, 6.45) is 1.72. The van der Waals surface area contributed by atoms with Crippen molar-refractivity contribution in [3.63, 3.8) is 0 Å². The fraction of sp³-hybridized carbons (Fsp3) is 0.355. The van der Waals surface area contributed by atoms with Gasteiger partial charge in [-0.05, 0) is 41.8 Å². The summed E-state index contributed by atoms with van der Waals surface area (Å²) in [5.74, 6) is 1.12. The second-order valence-corrected chi connectivity index (χ2v) is 11.9. The number of amides is 2. The van der Waals surface area contributed by atoms with E-state index in [2.05, 4.69) is 5.32 Å². The number of anilines is 1. The second-order valence-electron chi connectivity index (χ2n) is 9.96. The highest BCUT2D eigenvalue weighted by Crippen LogP contribution is 2.35. The molecule has 42 heavy (non-hydrogen) atoms. The maximum atomic E-state index is 13.8. The number of benzene rings is 3. The van der Waals surface area contributed by atoms with Crippen LogP contribution in [0, 0.1) is 0 Å². The van der Waals surface area contributed by atoms with Crippen molar-refractivity contribution in [2.24, 2.45) is 0 Å². The number of carbonyl (C=O) groups is 2. The van der Waals surface area contributed by atoms with Crippen LogP contribution in [0.25, 0.3) is 0 Å². The molecular weight excluding hydrogens is 558 g/mol. The van der Waals surface area contributed by atoms with Gasteiger partial charge in [0.15, 0.2) is 11.5 Å². The van der Waals surface area contributed by atoms with E-state index in [9.17, 15) is 18.0 Å². The number of likely N-dealkylation sites (N-methyl/N-ethyl adjacent to an activating group) is 1. The van der Waals surface area contributed by atoms with E-state index >= 15 is 0 Å². The van der Waals surface area contributed by atoms with Gasteiger partial charge in [0.25, 0.3) is 0 Å². The third-order valence-corrected chi connectivity index (χ3v) is 8.16. The molecule has 0 unspecified atom stereocenters. The van der Waals surface area contributed by atoms with Crippen molar-refractivity contribution in [3.8, 4) is 17.2 Å². The zero-order chi connectivity index (χ0) is 30.1. The molecular formula is C31H37N3O7S. The van der Waals surface area contributed by atoms with Crippen molar-refractivity contribution in [1.29, 1.82) is 0 Å². The standard InChI is InChI=1S/C31H37N3O7S/c1-32-31(36)27(20-23-9-5-4-6-10-23)33(22-24-11-7-12-26(19-24)39-2)30(35)13-8-16-34(42(3,37)38)25-14-15-28-29(21-25)41-18-17-40-28/h4-7,9-12,14-15,19,21,27H,8,13,16-18,20,22H2,1-3H3,(H,32,36)/t27-/m0/s1. The fourth-order valence-electron chi connectivity index (χ4n) is 4.88. The van der Waals surface area contributed by atoms with Crippen LogP contribution in [0.4, 0.5) is 5.69 Å². The molecule has 1 N–H and O–H groups in total. The first kappa shape index (κ1) is 30.7. The summed E-state index contributed by atoms with van der Waals surface area (Å²) < 4.78 is 43.3. The van der Waals surface area contributed by atoms with Gasteiger partial charge in [0, 0.05) is 39.0 Å². The van der Waals surface area contributed by atoms with Crippen molar-refractivity contribution in [2.45, 2.75) is 31.8 Å². The van der Waals surface area contributed by atoms with E-state index in [0.29, 0.717) is 42.6 Å². The zero-order valence-corrected chi connectivity index (χ0v) is 24.9. The average Bonchev–Trinajstić information content (AvgIpc) is 3.00. The third kappa shape index (κ3) is 7.94. The maximum Gasteiger partial charge on any atom is 0.242 e. The molecule has 0 fully saturated rings. The number of hydrogen-bond acceptors (Lipinski definition) is 7. The normalized spacial score (nSPS) is 13.1. The van der Waals surface area contributed by atoms with Gasteiger partial charge in [0.1, 0.15) is 25.0 Å². The minimum absolute atomic E-state index is 0.0306. The number of fused-ring (bicyclic) bond motifs is 1. The van der Waals surface area contributed by atoms with Crippen LogP contribution in [0.1, 0.15) is 24.0 Å². The molecule has 0 bridgehead atoms. The lowest BCUT2D eigenvalue weighted by Gasteiger charge is -2.31. The summed E-state index contributed by atoms with van der Waals surface area (Å²) in [5.41, 5.74) is 2.14. The van der Waals surface area contributed by atoms with Crippen LogP contribution in [-0.4, -0.2) is 71.3 Å². The second kappa shape index (κ2) is 14.1. The van der Waals surface area contributed by atoms with Crippen molar-refractivity contribution < 1.29 is 32.2 Å². The predicted octanol–water partition coefficient (Wildman–Crippen LogP) is 3.40. The molecule has 0 aromatic heterocycles. The lowest BCUT2D eigenvalue weighted by atomic mass is 10.0. The summed E-state index contributed by atoms with van der Waals surface area (Å²) in [6.45, 7) is 1.06. The SMILES string of the molecule is CNC(=O)[C@H](Cc1ccccc1)N(Cc1cccc(OC)c1)C(=O)CCCN(c1ccc2c(c1)OCCO2)S(C)(=O)=O. The van der Waals surface area contributed by atoms with Gasteiger partial charge in [-0.2, -0.15) is 0 Å². The third-order valence-electron chi connectivity index (χ3n) is 6.97. The topological polar surface area (TPSA) is 114 Å². The molecule has 11 heteroatoms. The lowest BCUT2D eigenvalue weighted by molar-refractivity contribution is -0.141. The van der Waals surface area contributed by atoms with Gasteiger partial charge < -0.3 is 24.4 Å². The van der Waals surface area contributed by atoms with Crippen LogP contribution in [0.15, 0.2) is 72.8 Å². The number of nitrogens with zero attached hydrogens (tertiary/aromatic N) is 2. The first-order valence-electron chi connectivity index (χ1n) is 13.7. The minimum atomic E-state index is -3.66. The Labute approximate surface area is 247 Å². The summed E-state index contributed by atoms with van der Waals surface area (Å²) in [6, 6.07) is 21.1. The van der Waals surface area contributed by atoms with E-state index in [1.807, 2.05) is 54.6 Å². The van der Waals surface area contributed by atoms with Crippen LogP contribution in [0.3, 0.4) is 0 Å². The van der Waals surface area contributed by atoms with Gasteiger partial charge in [-0.15, -0.1) is 0 Å². The smallest absolute Gasteiger partial charge is 0.242 e. The van der Waals surface area contributed by atoms with E-state index in [-0.39, 0.29) is 37.7 Å². The highest BCUT2D eigenvalue weighted by molar-refractivity contribution is 7.92. The molecule has 1 aliphatic heterocycles. The molecule has 1 heterocycles. The van der Waals surface area contributed by atoms with Crippen LogP contribution in [-0.2, 0) is 32.6 Å². The van der Waals surface area contributed by atoms with Crippen molar-refractivity contribution in [2.75, 3.05) is 44.5 Å². The monoisotopic (exact) mass is 595 g/mol. The first-order chi connectivity index (χ1) is 20.2. The van der Waals surface area contributed by atoms with Gasteiger partial charge >= 0.3 is 0 Å². The van der Waals surface area contributed by atoms with Crippen LogP contribution < -0.4 is 23.8 Å². The van der Waals surface area contributed by atoms with Crippen molar-refractivity contribution in [1.82, 2.24) is 10.2 Å². The van der Waals surface area contributed by atoms with E-state index in [1.54, 1.807) is 37.3 Å². The molecule has 0 radical (unpaired) electrons. The molecule has 10 nitrogen and oxygen atoms in total. The Morgan fingerprint density at radius 2 is 1.67 bits per heavy atom. The van der Waals surface area contributed by atoms with Gasteiger partial charge in [-0.3, -0.25) is 13.9 Å². The number of methoxy groups -OCH3 is 1. The minimum Gasteiger partial charge on any atom is -0.497 e. The van der Waals surface area contributed by atoms with E-state index < -0.39 is 16.1 Å². The highest BCUT2D eigenvalue weighted by atomic mass is 32.2. The maximum absolute atomic E-state index is 13.8. The molecule has 3 aromatic rings. The fourth-order valence-corrected chi connectivity index (χ4v) is 5.84. The van der Waals surface area contributed by atoms with Gasteiger partial charge in [-0.1, -0.05) is 42.5 Å². The zero-order valence-electron chi connectivity index (χ0n) is 24.1. The quantitative estimate of drug-likeness (QED) is 0.322. The van der Waals surface area contributed by atoms with Crippen LogP contribution >= 0.6 is 0 Å². The number of nitrogens with one attached hydrogen (secondary N) is 1. The highest BCUT2D eigenvalue weighted by Gasteiger charge is 2.30. The number of carbonyl (C=O) groups excluding carboxylic acids is 2. The summed E-state index contributed by atoms with van der Waals surface area (Å²) in [7, 11) is -0.542. The van der Waals surface area contributed by atoms with E-state index in [4.69, 9.17) is 14.2 Å². The Morgan fingerprint density at radius 3 is 2.36 bits per heavy atom. The van der Waals surface area contributed by atoms with Crippen LogP contribution in [0.5, 0.6) is 17.2 Å². The summed E-state index contributed by atoms with van der Waals surface area (Å²) >= 11 is 0. The number of hydrogen-bond donors (Lipinski definition) is 1. The molecule has 1 aliphatic rings. The molecule has 3 aromatic carbocycles.